The van der Waals surface area contributed by atoms with E-state index in [4.69, 9.17) is 0 Å². The fraction of sp³-hybridized carbons (Fsp3) is 1.00. The monoisotopic (exact) mass is 194 g/mol. The zero-order valence-electron chi connectivity index (χ0n) is 10.7. The Morgan fingerprint density at radius 3 is 2.07 bits per heavy atom. The summed E-state index contributed by atoms with van der Waals surface area (Å²) in [5.41, 5.74) is 1.20. The fourth-order valence-electron chi connectivity index (χ4n) is 4.62. The molecule has 2 aliphatic carbocycles. The number of fused-ring (bicyclic) bond motifs is 1. The lowest BCUT2D eigenvalue weighted by Gasteiger charge is -2.30. The summed E-state index contributed by atoms with van der Waals surface area (Å²) < 4.78 is 0. The molecule has 82 valence electrons. The molecule has 5 atom stereocenters. The van der Waals surface area contributed by atoms with Crippen LogP contribution in [0, 0.1) is 34.5 Å². The smallest absolute Gasteiger partial charge is 0.0230 e. The summed E-state index contributed by atoms with van der Waals surface area (Å²) >= 11 is 0. The molecule has 0 aromatic heterocycles. The van der Waals surface area contributed by atoms with Crippen LogP contribution >= 0.6 is 0 Å². The van der Waals surface area contributed by atoms with Crippen molar-refractivity contribution in [3.8, 4) is 0 Å². The normalized spacial score (nSPS) is 52.7. The van der Waals surface area contributed by atoms with Gasteiger partial charge in [0, 0.05) is 0 Å². The minimum absolute atomic E-state index is 0.520. The summed E-state index contributed by atoms with van der Waals surface area (Å²) in [6.45, 7) is 14.8. The third-order valence-electron chi connectivity index (χ3n) is 5.30. The lowest BCUT2D eigenvalue weighted by atomic mass is 9.75. The van der Waals surface area contributed by atoms with Gasteiger partial charge in [-0.25, -0.2) is 0 Å². The molecule has 14 heavy (non-hydrogen) atoms. The van der Waals surface area contributed by atoms with Crippen LogP contribution in [0.5, 0.6) is 0 Å². The zero-order valence-corrected chi connectivity index (χ0v) is 10.7. The summed E-state index contributed by atoms with van der Waals surface area (Å²) in [4.78, 5) is 0. The maximum atomic E-state index is 2.55. The molecule has 0 N–H and O–H groups in total. The van der Waals surface area contributed by atoms with Crippen molar-refractivity contribution in [1.82, 2.24) is 0 Å². The largest absolute Gasteiger partial charge is 0.0622 e. The average Bonchev–Trinajstić information content (AvgIpc) is 2.67. The molecule has 0 amide bonds. The van der Waals surface area contributed by atoms with E-state index in [0.29, 0.717) is 10.8 Å². The molecule has 0 aliphatic heterocycles. The standard InChI is InChI=1S/C14H26/c1-9-7-8-10(2)14(6)11(9)12(14)13(3,4)5/h9-12H,7-8H2,1-6H3. The third kappa shape index (κ3) is 1.19. The van der Waals surface area contributed by atoms with E-state index >= 15 is 0 Å². The van der Waals surface area contributed by atoms with Crippen LogP contribution in [-0.4, -0.2) is 0 Å². The third-order valence-corrected chi connectivity index (χ3v) is 5.30. The number of hydrogen-bond acceptors (Lipinski definition) is 0. The molecule has 0 aromatic carbocycles. The highest BCUT2D eigenvalue weighted by Crippen LogP contribution is 2.74. The Morgan fingerprint density at radius 1 is 1.07 bits per heavy atom. The topological polar surface area (TPSA) is 0 Å². The Labute approximate surface area is 89.5 Å². The first kappa shape index (κ1) is 10.5. The van der Waals surface area contributed by atoms with Gasteiger partial charge < -0.3 is 0 Å². The molecule has 0 radical (unpaired) electrons. The average molecular weight is 194 g/mol. The zero-order chi connectivity index (χ0) is 10.7. The number of hydrogen-bond donors (Lipinski definition) is 0. The predicted molar refractivity (Wildman–Crippen MR) is 62.1 cm³/mol. The fourth-order valence-corrected chi connectivity index (χ4v) is 4.62. The number of rotatable bonds is 0. The Hall–Kier alpha value is 0. The molecule has 0 spiro atoms. The summed E-state index contributed by atoms with van der Waals surface area (Å²) in [5.74, 6) is 3.92. The molecule has 2 rings (SSSR count). The van der Waals surface area contributed by atoms with Crippen LogP contribution in [0.15, 0.2) is 0 Å². The Bertz CT molecular complexity index is 235. The van der Waals surface area contributed by atoms with Crippen molar-refractivity contribution in [2.24, 2.45) is 34.5 Å². The van der Waals surface area contributed by atoms with Crippen molar-refractivity contribution < 1.29 is 0 Å². The second-order valence-electron chi connectivity index (χ2n) is 7.19. The van der Waals surface area contributed by atoms with Crippen molar-refractivity contribution in [1.29, 1.82) is 0 Å². The van der Waals surface area contributed by atoms with Crippen LogP contribution in [0.4, 0.5) is 0 Å². The molecule has 0 aromatic rings. The molecular weight excluding hydrogens is 168 g/mol. The maximum Gasteiger partial charge on any atom is -0.0230 e. The van der Waals surface area contributed by atoms with E-state index in [-0.39, 0.29) is 0 Å². The highest BCUT2D eigenvalue weighted by atomic mass is 14.7. The van der Waals surface area contributed by atoms with Crippen molar-refractivity contribution in [2.45, 2.75) is 54.4 Å². The van der Waals surface area contributed by atoms with Crippen LogP contribution in [0.25, 0.3) is 0 Å². The van der Waals surface area contributed by atoms with Gasteiger partial charge in [0.05, 0.1) is 0 Å². The quantitative estimate of drug-likeness (QED) is 0.538. The molecule has 5 unspecified atom stereocenters. The van der Waals surface area contributed by atoms with Gasteiger partial charge in [-0.15, -0.1) is 0 Å². The van der Waals surface area contributed by atoms with Gasteiger partial charge in [0.1, 0.15) is 0 Å². The van der Waals surface area contributed by atoms with Gasteiger partial charge in [-0.05, 0) is 40.9 Å². The minimum atomic E-state index is 0.520. The van der Waals surface area contributed by atoms with Gasteiger partial charge in [0.2, 0.25) is 0 Å². The van der Waals surface area contributed by atoms with Crippen LogP contribution in [0.2, 0.25) is 0 Å². The van der Waals surface area contributed by atoms with Gasteiger partial charge in [-0.1, -0.05) is 48.0 Å². The lowest BCUT2D eigenvalue weighted by molar-refractivity contribution is 0.193. The first-order valence-corrected chi connectivity index (χ1v) is 6.29. The van der Waals surface area contributed by atoms with Crippen molar-refractivity contribution in [3.05, 3.63) is 0 Å². The predicted octanol–water partition coefficient (Wildman–Crippen LogP) is 4.35. The minimum Gasteiger partial charge on any atom is -0.0622 e. The molecule has 0 heteroatoms. The van der Waals surface area contributed by atoms with Crippen LogP contribution < -0.4 is 0 Å². The van der Waals surface area contributed by atoms with Gasteiger partial charge in [0.15, 0.2) is 0 Å². The molecular formula is C14H26. The van der Waals surface area contributed by atoms with E-state index in [9.17, 15) is 0 Å². The van der Waals surface area contributed by atoms with E-state index < -0.39 is 0 Å². The summed E-state index contributed by atoms with van der Waals surface area (Å²) in [7, 11) is 0. The molecule has 2 aliphatic rings. The summed E-state index contributed by atoms with van der Waals surface area (Å²) in [6, 6.07) is 0. The lowest BCUT2D eigenvalue weighted by Crippen LogP contribution is -2.22. The Balaban J connectivity index is 2.25. The Kier molecular flexibility index (Phi) is 2.08. The van der Waals surface area contributed by atoms with Gasteiger partial charge in [-0.2, -0.15) is 0 Å². The highest BCUT2D eigenvalue weighted by molar-refractivity contribution is 5.17. The van der Waals surface area contributed by atoms with Crippen LogP contribution in [0.3, 0.4) is 0 Å². The van der Waals surface area contributed by atoms with Crippen molar-refractivity contribution in [3.63, 3.8) is 0 Å². The molecule has 0 saturated heterocycles. The molecule has 0 bridgehead atoms. The van der Waals surface area contributed by atoms with E-state index in [1.165, 1.54) is 12.8 Å². The van der Waals surface area contributed by atoms with E-state index in [1.807, 2.05) is 0 Å². The summed E-state index contributed by atoms with van der Waals surface area (Å²) in [5, 5.41) is 0. The molecule has 2 fully saturated rings. The molecule has 0 nitrogen and oxygen atoms in total. The van der Waals surface area contributed by atoms with E-state index in [2.05, 4.69) is 41.5 Å². The maximum absolute atomic E-state index is 2.55. The van der Waals surface area contributed by atoms with E-state index in [1.54, 1.807) is 0 Å². The molecule has 2 saturated carbocycles. The first-order chi connectivity index (χ1) is 6.29. The van der Waals surface area contributed by atoms with Crippen molar-refractivity contribution >= 4 is 0 Å². The SMILES string of the molecule is CC1CCC(C)C2(C)C1C2C(C)(C)C. The van der Waals surface area contributed by atoms with E-state index in [0.717, 1.165) is 23.7 Å². The molecule has 0 heterocycles. The second-order valence-corrected chi connectivity index (χ2v) is 7.19. The van der Waals surface area contributed by atoms with Gasteiger partial charge >= 0.3 is 0 Å². The second kappa shape index (κ2) is 2.77. The highest BCUT2D eigenvalue weighted by Gasteiger charge is 2.69. The van der Waals surface area contributed by atoms with Crippen LogP contribution in [0.1, 0.15) is 54.4 Å². The Morgan fingerprint density at radius 2 is 1.64 bits per heavy atom. The van der Waals surface area contributed by atoms with Gasteiger partial charge in [0.25, 0.3) is 0 Å². The van der Waals surface area contributed by atoms with Crippen molar-refractivity contribution in [2.75, 3.05) is 0 Å². The first-order valence-electron chi connectivity index (χ1n) is 6.29. The van der Waals surface area contributed by atoms with Gasteiger partial charge in [-0.3, -0.25) is 0 Å². The summed E-state index contributed by atoms with van der Waals surface area (Å²) in [6.07, 6.45) is 2.93. The van der Waals surface area contributed by atoms with Crippen LogP contribution in [-0.2, 0) is 0 Å².